The first-order valence-electron chi connectivity index (χ1n) is 4.92. The molecule has 0 fully saturated rings. The Hall–Kier alpha value is -0.840. The predicted octanol–water partition coefficient (Wildman–Crippen LogP) is 1.82. The Morgan fingerprint density at radius 1 is 1.40 bits per heavy atom. The second kappa shape index (κ2) is 5.30. The van der Waals surface area contributed by atoms with Gasteiger partial charge in [0.2, 0.25) is 0 Å². The van der Waals surface area contributed by atoms with Crippen LogP contribution in [0.15, 0.2) is 0 Å². The van der Waals surface area contributed by atoms with E-state index in [1.807, 2.05) is 13.8 Å². The second-order valence-electron chi connectivity index (χ2n) is 4.77. The monoisotopic (exact) mass is 232 g/mol. The number of rotatable bonds is 3. The lowest BCUT2D eigenvalue weighted by atomic mass is 10.1. The molecule has 5 heteroatoms. The summed E-state index contributed by atoms with van der Waals surface area (Å²) in [5.41, 5.74) is 5.00. The van der Waals surface area contributed by atoms with Crippen molar-refractivity contribution in [1.29, 1.82) is 0 Å². The van der Waals surface area contributed by atoms with E-state index in [4.69, 9.17) is 22.7 Å². The molecular weight excluding hydrogens is 212 g/mol. The Morgan fingerprint density at radius 3 is 2.13 bits per heavy atom. The molecule has 0 aliphatic rings. The van der Waals surface area contributed by atoms with Crippen molar-refractivity contribution >= 4 is 23.3 Å². The Kier molecular flexibility index (Phi) is 5.00. The molecular formula is C10H20N2O2S. The van der Waals surface area contributed by atoms with Crippen molar-refractivity contribution in [1.82, 2.24) is 5.32 Å². The summed E-state index contributed by atoms with van der Waals surface area (Å²) in [6.07, 6.45) is -0.492. The average Bonchev–Trinajstić information content (AvgIpc) is 1.95. The molecule has 0 heterocycles. The Bertz CT molecular complexity index is 246. The fraction of sp³-hybridized carbons (Fsp3) is 0.800. The van der Waals surface area contributed by atoms with E-state index >= 15 is 0 Å². The number of thiocarbonyl (C=S) groups is 1. The minimum atomic E-state index is -0.512. The topological polar surface area (TPSA) is 64.3 Å². The molecule has 15 heavy (non-hydrogen) atoms. The lowest BCUT2D eigenvalue weighted by Gasteiger charge is -2.24. The van der Waals surface area contributed by atoms with Crippen molar-refractivity contribution in [3.63, 3.8) is 0 Å². The minimum Gasteiger partial charge on any atom is -0.444 e. The van der Waals surface area contributed by atoms with Gasteiger partial charge in [-0.25, -0.2) is 4.79 Å². The van der Waals surface area contributed by atoms with Gasteiger partial charge in [0.05, 0.1) is 11.0 Å². The highest BCUT2D eigenvalue weighted by atomic mass is 32.1. The van der Waals surface area contributed by atoms with Crippen molar-refractivity contribution < 1.29 is 9.53 Å². The smallest absolute Gasteiger partial charge is 0.408 e. The predicted molar refractivity (Wildman–Crippen MR) is 64.8 cm³/mol. The lowest BCUT2D eigenvalue weighted by molar-refractivity contribution is 0.0509. The summed E-state index contributed by atoms with van der Waals surface area (Å²) in [5, 5.41) is 2.65. The Balaban J connectivity index is 4.31. The molecule has 0 saturated heterocycles. The average molecular weight is 232 g/mol. The minimum absolute atomic E-state index is 0.148. The summed E-state index contributed by atoms with van der Waals surface area (Å²) in [6, 6.07) is -0.324. The standard InChI is InChI=1S/C10H20N2O2S/c1-6(2)7(8(11)15)12-9(13)14-10(3,4)5/h6-7H,1-5H3,(H2,11,15)(H,12,13)/t7-/m0/s1. The maximum Gasteiger partial charge on any atom is 0.408 e. The number of ether oxygens (including phenoxy) is 1. The van der Waals surface area contributed by atoms with Crippen LogP contribution in [-0.4, -0.2) is 22.7 Å². The fourth-order valence-corrected chi connectivity index (χ4v) is 1.33. The van der Waals surface area contributed by atoms with Crippen LogP contribution in [0.1, 0.15) is 34.6 Å². The normalized spacial score (nSPS) is 13.5. The number of hydrogen-bond acceptors (Lipinski definition) is 3. The van der Waals surface area contributed by atoms with Crippen LogP contribution < -0.4 is 11.1 Å². The highest BCUT2D eigenvalue weighted by Crippen LogP contribution is 2.08. The van der Waals surface area contributed by atoms with Crippen LogP contribution in [0.5, 0.6) is 0 Å². The van der Waals surface area contributed by atoms with E-state index in [0.717, 1.165) is 0 Å². The highest BCUT2D eigenvalue weighted by Gasteiger charge is 2.22. The molecule has 3 N–H and O–H groups in total. The molecule has 88 valence electrons. The van der Waals surface area contributed by atoms with Gasteiger partial charge >= 0.3 is 6.09 Å². The number of alkyl carbamates (subject to hydrolysis) is 1. The molecule has 0 unspecified atom stereocenters. The Morgan fingerprint density at radius 2 is 1.87 bits per heavy atom. The third-order valence-corrected chi connectivity index (χ3v) is 1.90. The van der Waals surface area contributed by atoms with E-state index in [9.17, 15) is 4.79 Å². The van der Waals surface area contributed by atoms with E-state index in [0.29, 0.717) is 0 Å². The first-order chi connectivity index (χ1) is 6.63. The molecule has 0 aromatic heterocycles. The Labute approximate surface area is 96.5 Å². The number of nitrogens with two attached hydrogens (primary N) is 1. The van der Waals surface area contributed by atoms with E-state index in [2.05, 4.69) is 5.32 Å². The van der Waals surface area contributed by atoms with Crippen LogP contribution in [0.2, 0.25) is 0 Å². The van der Waals surface area contributed by atoms with Gasteiger partial charge in [0.1, 0.15) is 5.60 Å². The first kappa shape index (κ1) is 14.2. The molecule has 0 aliphatic heterocycles. The molecule has 0 aromatic rings. The van der Waals surface area contributed by atoms with Gasteiger partial charge in [-0.3, -0.25) is 0 Å². The van der Waals surface area contributed by atoms with E-state index in [1.165, 1.54) is 0 Å². The molecule has 0 rings (SSSR count). The molecule has 0 aliphatic carbocycles. The lowest BCUT2D eigenvalue weighted by Crippen LogP contribution is -2.48. The quantitative estimate of drug-likeness (QED) is 0.729. The second-order valence-corrected chi connectivity index (χ2v) is 5.24. The summed E-state index contributed by atoms with van der Waals surface area (Å²) in [4.78, 5) is 11.7. The SMILES string of the molecule is CC(C)[C@H](NC(=O)OC(C)(C)C)C(N)=S. The largest absolute Gasteiger partial charge is 0.444 e. The fourth-order valence-electron chi connectivity index (χ4n) is 1.00. The van der Waals surface area contributed by atoms with Gasteiger partial charge in [0, 0.05) is 0 Å². The van der Waals surface area contributed by atoms with Crippen molar-refractivity contribution in [2.75, 3.05) is 0 Å². The van der Waals surface area contributed by atoms with Crippen molar-refractivity contribution in [3.05, 3.63) is 0 Å². The third-order valence-electron chi connectivity index (χ3n) is 1.65. The summed E-state index contributed by atoms with van der Waals surface area (Å²) >= 11 is 4.86. The number of nitrogens with one attached hydrogen (secondary N) is 1. The molecule has 0 bridgehead atoms. The zero-order valence-corrected chi connectivity index (χ0v) is 10.8. The van der Waals surface area contributed by atoms with Gasteiger partial charge in [0.15, 0.2) is 0 Å². The maximum absolute atomic E-state index is 11.4. The van der Waals surface area contributed by atoms with Gasteiger partial charge in [-0.1, -0.05) is 26.1 Å². The van der Waals surface area contributed by atoms with Gasteiger partial charge < -0.3 is 15.8 Å². The molecule has 0 saturated carbocycles. The van der Waals surface area contributed by atoms with E-state index in [1.54, 1.807) is 20.8 Å². The zero-order chi connectivity index (χ0) is 12.2. The van der Waals surface area contributed by atoms with Crippen LogP contribution in [-0.2, 0) is 4.74 Å². The van der Waals surface area contributed by atoms with E-state index < -0.39 is 11.7 Å². The maximum atomic E-state index is 11.4. The first-order valence-corrected chi connectivity index (χ1v) is 5.33. The van der Waals surface area contributed by atoms with Gasteiger partial charge in [0.25, 0.3) is 0 Å². The molecule has 0 spiro atoms. The van der Waals surface area contributed by atoms with Crippen LogP contribution in [0.4, 0.5) is 4.79 Å². The highest BCUT2D eigenvalue weighted by molar-refractivity contribution is 7.80. The number of hydrogen-bond donors (Lipinski definition) is 2. The third kappa shape index (κ3) is 6.28. The summed E-state index contributed by atoms with van der Waals surface area (Å²) in [7, 11) is 0. The van der Waals surface area contributed by atoms with Crippen LogP contribution in [0, 0.1) is 5.92 Å². The van der Waals surface area contributed by atoms with Crippen molar-refractivity contribution in [3.8, 4) is 0 Å². The zero-order valence-electron chi connectivity index (χ0n) is 9.96. The number of amides is 1. The molecule has 0 radical (unpaired) electrons. The molecule has 4 nitrogen and oxygen atoms in total. The summed E-state index contributed by atoms with van der Waals surface area (Å²) in [5.74, 6) is 0.148. The van der Waals surface area contributed by atoms with Crippen LogP contribution in [0.25, 0.3) is 0 Å². The molecule has 1 atom stereocenters. The van der Waals surface area contributed by atoms with Crippen molar-refractivity contribution in [2.45, 2.75) is 46.3 Å². The van der Waals surface area contributed by atoms with Gasteiger partial charge in [-0.15, -0.1) is 0 Å². The van der Waals surface area contributed by atoms with E-state index in [-0.39, 0.29) is 16.9 Å². The summed E-state index contributed by atoms with van der Waals surface area (Å²) < 4.78 is 5.10. The van der Waals surface area contributed by atoms with Crippen LogP contribution in [0.3, 0.4) is 0 Å². The van der Waals surface area contributed by atoms with Gasteiger partial charge in [-0.05, 0) is 26.7 Å². The number of carbonyl (C=O) groups excluding carboxylic acids is 1. The number of carbonyl (C=O) groups is 1. The molecule has 0 aromatic carbocycles. The van der Waals surface area contributed by atoms with Gasteiger partial charge in [-0.2, -0.15) is 0 Å². The summed E-state index contributed by atoms with van der Waals surface area (Å²) in [6.45, 7) is 9.27. The van der Waals surface area contributed by atoms with Crippen molar-refractivity contribution in [2.24, 2.45) is 11.7 Å². The molecule has 1 amide bonds. The van der Waals surface area contributed by atoms with Crippen LogP contribution >= 0.6 is 12.2 Å².